The molecule has 0 fully saturated rings. The minimum absolute atomic E-state index is 0.00832. The summed E-state index contributed by atoms with van der Waals surface area (Å²) in [6.07, 6.45) is 0.0540. The summed E-state index contributed by atoms with van der Waals surface area (Å²) in [6.45, 7) is 1.10. The number of anilines is 2. The smallest absolute Gasteiger partial charge is 0.402 e. The van der Waals surface area contributed by atoms with E-state index < -0.39 is 35.2 Å². The van der Waals surface area contributed by atoms with Crippen LogP contribution < -0.4 is 19.3 Å². The molecule has 230 valence electrons. The fourth-order valence-corrected chi connectivity index (χ4v) is 5.11. The predicted molar refractivity (Wildman–Crippen MR) is 162 cm³/mol. The second kappa shape index (κ2) is 11.5. The van der Waals surface area contributed by atoms with Crippen LogP contribution in [0.25, 0.3) is 0 Å². The average Bonchev–Trinajstić information content (AvgIpc) is 3.56. The topological polar surface area (TPSA) is 93.2 Å². The monoisotopic (exact) mass is 624 g/mol. The van der Waals surface area contributed by atoms with Gasteiger partial charge in [0, 0.05) is 24.3 Å². The summed E-state index contributed by atoms with van der Waals surface area (Å²) >= 11 is 0. The van der Waals surface area contributed by atoms with Gasteiger partial charge in [-0.3, -0.25) is 19.2 Å². The average molecular weight is 625 g/mol. The largest absolute Gasteiger partial charge is 0.457 e. The Kier molecular flexibility index (Phi) is 7.52. The van der Waals surface area contributed by atoms with Crippen molar-refractivity contribution in [3.8, 4) is 23.0 Å². The van der Waals surface area contributed by atoms with Crippen molar-refractivity contribution in [2.75, 3.05) is 9.80 Å². The highest BCUT2D eigenvalue weighted by molar-refractivity contribution is 6.28. The third-order valence-corrected chi connectivity index (χ3v) is 7.71. The quantitative estimate of drug-likeness (QED) is 0.196. The molecule has 0 aromatic heterocycles. The van der Waals surface area contributed by atoms with Gasteiger partial charge in [-0.05, 0) is 90.8 Å². The molecule has 0 aliphatic carbocycles. The number of carbonyl (C=O) groups excluding carboxylic acids is 4. The Balaban J connectivity index is 1.16. The number of ether oxygens (including phenoxy) is 2. The van der Waals surface area contributed by atoms with Crippen molar-refractivity contribution >= 4 is 35.0 Å². The van der Waals surface area contributed by atoms with E-state index in [1.165, 1.54) is 97.1 Å². The Hall–Kier alpha value is -5.97. The minimum atomic E-state index is -4.65. The Morgan fingerprint density at radius 1 is 0.457 bits per heavy atom. The van der Waals surface area contributed by atoms with Crippen molar-refractivity contribution in [1.29, 1.82) is 0 Å². The van der Waals surface area contributed by atoms with Crippen molar-refractivity contribution in [1.82, 2.24) is 0 Å². The lowest BCUT2D eigenvalue weighted by atomic mass is 9.75. The molecule has 6 rings (SSSR count). The molecule has 0 spiro atoms. The summed E-state index contributed by atoms with van der Waals surface area (Å²) in [4.78, 5) is 49.5. The lowest BCUT2D eigenvalue weighted by Crippen LogP contribution is -2.40. The van der Waals surface area contributed by atoms with E-state index in [9.17, 15) is 32.3 Å². The molecule has 46 heavy (non-hydrogen) atoms. The van der Waals surface area contributed by atoms with Gasteiger partial charge in [-0.15, -0.1) is 0 Å². The van der Waals surface area contributed by atoms with Crippen LogP contribution >= 0.6 is 0 Å². The summed E-state index contributed by atoms with van der Waals surface area (Å²) in [7, 11) is 0. The molecule has 11 heteroatoms. The standard InChI is InChI=1S/C35H23F3N2O6/c1-34(35(36,37)38,22-2-10-26(11-3-22)45-28-14-6-24(7-15-28)39-30(41)18-19-31(39)42)23-4-12-27(13-5-23)46-29-16-8-25(9-17-29)40-32(43)20-21-33(40)44/h2-21H,1H3. The number of carbonyl (C=O) groups is 4. The third-order valence-electron chi connectivity index (χ3n) is 7.71. The van der Waals surface area contributed by atoms with Gasteiger partial charge in [0.2, 0.25) is 0 Å². The molecule has 0 bridgehead atoms. The van der Waals surface area contributed by atoms with Gasteiger partial charge in [0.25, 0.3) is 23.6 Å². The molecule has 4 amide bonds. The molecule has 0 radical (unpaired) electrons. The zero-order valence-electron chi connectivity index (χ0n) is 24.0. The van der Waals surface area contributed by atoms with E-state index in [1.807, 2.05) is 0 Å². The van der Waals surface area contributed by atoms with Crippen molar-refractivity contribution < 1.29 is 41.8 Å². The molecule has 2 heterocycles. The third kappa shape index (κ3) is 5.54. The second-order valence-corrected chi connectivity index (χ2v) is 10.6. The Labute approximate surface area is 260 Å². The lowest BCUT2D eigenvalue weighted by molar-refractivity contribution is -0.173. The SMILES string of the molecule is CC(c1ccc(Oc2ccc(N3C(=O)C=CC3=O)cc2)cc1)(c1ccc(Oc2ccc(N3C(=O)C=CC3=O)cc2)cc1)C(F)(F)F. The van der Waals surface area contributed by atoms with Crippen LogP contribution in [0.3, 0.4) is 0 Å². The summed E-state index contributed by atoms with van der Waals surface area (Å²) in [5.74, 6) is -0.507. The molecule has 0 saturated heterocycles. The zero-order chi connectivity index (χ0) is 32.6. The first-order chi connectivity index (χ1) is 21.9. The molecule has 8 nitrogen and oxygen atoms in total. The second-order valence-electron chi connectivity index (χ2n) is 10.6. The van der Waals surface area contributed by atoms with Crippen molar-refractivity contribution in [3.63, 3.8) is 0 Å². The van der Waals surface area contributed by atoms with Gasteiger partial charge in [-0.1, -0.05) is 24.3 Å². The van der Waals surface area contributed by atoms with Gasteiger partial charge in [0.1, 0.15) is 28.4 Å². The molecule has 0 unspecified atom stereocenters. The van der Waals surface area contributed by atoms with Crippen molar-refractivity contribution in [2.45, 2.75) is 18.5 Å². The maximum absolute atomic E-state index is 14.6. The number of hydrogen-bond donors (Lipinski definition) is 0. The minimum Gasteiger partial charge on any atom is -0.457 e. The van der Waals surface area contributed by atoms with Crippen molar-refractivity contribution in [2.24, 2.45) is 0 Å². The van der Waals surface area contributed by atoms with Crippen LogP contribution in [0.15, 0.2) is 121 Å². The molecule has 2 aliphatic heterocycles. The highest BCUT2D eigenvalue weighted by Gasteiger charge is 2.53. The van der Waals surface area contributed by atoms with Gasteiger partial charge >= 0.3 is 6.18 Å². The van der Waals surface area contributed by atoms with Crippen LogP contribution in [0.1, 0.15) is 18.1 Å². The molecule has 0 saturated carbocycles. The fraction of sp³-hybridized carbons (Fsp3) is 0.0857. The molecular formula is C35H23F3N2O6. The first-order valence-corrected chi connectivity index (χ1v) is 13.9. The van der Waals surface area contributed by atoms with E-state index in [0.717, 1.165) is 16.7 Å². The van der Waals surface area contributed by atoms with E-state index in [4.69, 9.17) is 9.47 Å². The van der Waals surface area contributed by atoms with Crippen LogP contribution in [0.2, 0.25) is 0 Å². The van der Waals surface area contributed by atoms with Crippen LogP contribution in [0.5, 0.6) is 23.0 Å². The van der Waals surface area contributed by atoms with Crippen LogP contribution in [-0.2, 0) is 24.6 Å². The number of imide groups is 2. The number of amides is 4. The van der Waals surface area contributed by atoms with E-state index in [0.29, 0.717) is 34.4 Å². The molecule has 4 aromatic rings. The Bertz CT molecular complexity index is 1730. The van der Waals surface area contributed by atoms with Gasteiger partial charge in [-0.25, -0.2) is 9.80 Å². The molecular weight excluding hydrogens is 601 g/mol. The fourth-order valence-electron chi connectivity index (χ4n) is 5.11. The molecule has 4 aromatic carbocycles. The van der Waals surface area contributed by atoms with Gasteiger partial charge in [-0.2, -0.15) is 13.2 Å². The summed E-state index contributed by atoms with van der Waals surface area (Å²) in [5, 5.41) is 0. The van der Waals surface area contributed by atoms with Gasteiger partial charge in [0.15, 0.2) is 0 Å². The normalized spacial score (nSPS) is 14.9. The Morgan fingerprint density at radius 2 is 0.717 bits per heavy atom. The maximum Gasteiger partial charge on any atom is 0.402 e. The number of benzene rings is 4. The van der Waals surface area contributed by atoms with Gasteiger partial charge in [0.05, 0.1) is 11.4 Å². The molecule has 0 atom stereocenters. The number of rotatable bonds is 8. The lowest BCUT2D eigenvalue weighted by Gasteiger charge is -2.33. The number of hydrogen-bond acceptors (Lipinski definition) is 6. The molecule has 0 N–H and O–H groups in total. The summed E-state index contributed by atoms with van der Waals surface area (Å²) < 4.78 is 55.5. The van der Waals surface area contributed by atoms with E-state index >= 15 is 0 Å². The first-order valence-electron chi connectivity index (χ1n) is 13.9. The van der Waals surface area contributed by atoms with Crippen LogP contribution in [0.4, 0.5) is 24.5 Å². The Morgan fingerprint density at radius 3 is 0.978 bits per heavy atom. The van der Waals surface area contributed by atoms with Crippen LogP contribution in [0, 0.1) is 0 Å². The van der Waals surface area contributed by atoms with Crippen molar-refractivity contribution in [3.05, 3.63) is 132 Å². The number of nitrogens with zero attached hydrogens (tertiary/aromatic N) is 2. The van der Waals surface area contributed by atoms with Gasteiger partial charge < -0.3 is 9.47 Å². The summed E-state index contributed by atoms with van der Waals surface area (Å²) in [6, 6.07) is 23.5. The first kappa shape index (κ1) is 30.1. The van der Waals surface area contributed by atoms with E-state index in [1.54, 1.807) is 24.3 Å². The van der Waals surface area contributed by atoms with E-state index in [2.05, 4.69) is 0 Å². The predicted octanol–water partition coefficient (Wildman–Crippen LogP) is 7.00. The maximum atomic E-state index is 14.6. The summed E-state index contributed by atoms with van der Waals surface area (Å²) in [5.41, 5.74) is -1.65. The number of alkyl halides is 3. The highest BCUT2D eigenvalue weighted by atomic mass is 19.4. The highest BCUT2D eigenvalue weighted by Crippen LogP contribution is 2.47. The zero-order valence-corrected chi connectivity index (χ0v) is 24.0. The van der Waals surface area contributed by atoms with Crippen LogP contribution in [-0.4, -0.2) is 29.8 Å². The van der Waals surface area contributed by atoms with E-state index in [-0.39, 0.29) is 11.1 Å². The number of halogens is 3. The molecule has 2 aliphatic rings.